The molecule has 0 radical (unpaired) electrons. The summed E-state index contributed by atoms with van der Waals surface area (Å²) in [6.07, 6.45) is -5.37. The number of carbonyl (C=O) groups excluding carboxylic acids is 1. The number of alkyl halides is 3. The molecule has 0 heterocycles. The number of amides is 1. The van der Waals surface area contributed by atoms with E-state index in [-0.39, 0.29) is 12.1 Å². The molecule has 0 spiro atoms. The zero-order valence-corrected chi connectivity index (χ0v) is 11.4. The van der Waals surface area contributed by atoms with E-state index < -0.39 is 36.9 Å². The molecule has 0 aliphatic rings. The topological polar surface area (TPSA) is 57.6 Å². The van der Waals surface area contributed by atoms with Gasteiger partial charge < -0.3 is 10.0 Å². The number of nitrogens with zero attached hydrogens (tertiary/aromatic N) is 1. The molecule has 0 aromatic heterocycles. The molecular weight excluding hydrogens is 287 g/mol. The van der Waals surface area contributed by atoms with Crippen LogP contribution in [0, 0.1) is 0 Å². The molecule has 0 saturated carbocycles. The Bertz CT molecular complexity index is 488. The summed E-state index contributed by atoms with van der Waals surface area (Å²) in [6, 6.07) is 7.13. The van der Waals surface area contributed by atoms with Crippen molar-refractivity contribution >= 4 is 11.9 Å². The van der Waals surface area contributed by atoms with Crippen LogP contribution >= 0.6 is 0 Å². The van der Waals surface area contributed by atoms with Crippen molar-refractivity contribution in [3.05, 3.63) is 35.9 Å². The lowest BCUT2D eigenvalue weighted by Gasteiger charge is -2.24. The first-order valence-corrected chi connectivity index (χ1v) is 6.37. The minimum atomic E-state index is -4.57. The van der Waals surface area contributed by atoms with Gasteiger partial charge in [-0.1, -0.05) is 30.3 Å². The molecule has 0 bridgehead atoms. The van der Waals surface area contributed by atoms with Crippen molar-refractivity contribution in [2.24, 2.45) is 0 Å². The zero-order chi connectivity index (χ0) is 16.0. The van der Waals surface area contributed by atoms with E-state index >= 15 is 0 Å². The molecule has 116 valence electrons. The summed E-state index contributed by atoms with van der Waals surface area (Å²) in [5.74, 6) is -4.02. The van der Waals surface area contributed by atoms with Crippen LogP contribution in [0.1, 0.15) is 24.8 Å². The van der Waals surface area contributed by atoms with Gasteiger partial charge in [-0.3, -0.25) is 9.59 Å². The molecule has 1 atom stereocenters. The van der Waals surface area contributed by atoms with Crippen LogP contribution in [-0.2, 0) is 9.59 Å². The zero-order valence-electron chi connectivity index (χ0n) is 11.4. The van der Waals surface area contributed by atoms with Gasteiger partial charge >= 0.3 is 12.1 Å². The van der Waals surface area contributed by atoms with Gasteiger partial charge in [-0.05, 0) is 12.5 Å². The van der Waals surface area contributed by atoms with Gasteiger partial charge in [0.15, 0.2) is 0 Å². The van der Waals surface area contributed by atoms with Crippen molar-refractivity contribution in [1.29, 1.82) is 0 Å². The second-order valence-electron chi connectivity index (χ2n) is 4.51. The normalized spacial score (nSPS) is 12.8. The van der Waals surface area contributed by atoms with Crippen molar-refractivity contribution in [3.8, 4) is 0 Å². The fourth-order valence-corrected chi connectivity index (χ4v) is 1.95. The van der Waals surface area contributed by atoms with Gasteiger partial charge in [0.05, 0.1) is 5.92 Å². The number of rotatable bonds is 6. The number of carboxylic acid groups (broad SMARTS) is 1. The third-order valence-electron chi connectivity index (χ3n) is 3.04. The quantitative estimate of drug-likeness (QED) is 0.879. The number of likely N-dealkylation sites (N-methyl/N-ethyl adjacent to an activating group) is 1. The Hall–Kier alpha value is -2.05. The van der Waals surface area contributed by atoms with E-state index in [1.807, 2.05) is 0 Å². The Balaban J connectivity index is 2.92. The molecule has 0 fully saturated rings. The summed E-state index contributed by atoms with van der Waals surface area (Å²) in [5.41, 5.74) is -0.00951. The summed E-state index contributed by atoms with van der Waals surface area (Å²) in [7, 11) is 0. The first kappa shape index (κ1) is 17.0. The maximum Gasteiger partial charge on any atom is 0.396 e. The number of carbonyl (C=O) groups is 2. The molecule has 0 aliphatic heterocycles. The molecule has 0 saturated heterocycles. The maximum atomic E-state index is 13.1. The number of halogens is 3. The lowest BCUT2D eigenvalue weighted by Crippen LogP contribution is -2.37. The molecule has 1 unspecified atom stereocenters. The highest BCUT2D eigenvalue weighted by molar-refractivity contribution is 5.82. The Labute approximate surface area is 120 Å². The minimum absolute atomic E-state index is 0.00951. The summed E-state index contributed by atoms with van der Waals surface area (Å²) in [4.78, 5) is 23.4. The van der Waals surface area contributed by atoms with E-state index in [1.165, 1.54) is 31.2 Å². The first-order chi connectivity index (χ1) is 9.75. The van der Waals surface area contributed by atoms with Crippen LogP contribution in [0.5, 0.6) is 0 Å². The molecule has 1 aromatic carbocycles. The molecule has 1 N–H and O–H groups in total. The Morgan fingerprint density at radius 1 is 1.24 bits per heavy atom. The van der Waals surface area contributed by atoms with Gasteiger partial charge in [0.1, 0.15) is 6.54 Å². The lowest BCUT2D eigenvalue weighted by molar-refractivity contribution is -0.161. The van der Waals surface area contributed by atoms with Crippen molar-refractivity contribution in [1.82, 2.24) is 4.90 Å². The molecule has 1 aromatic rings. The first-order valence-electron chi connectivity index (χ1n) is 6.37. The second-order valence-corrected chi connectivity index (χ2v) is 4.51. The van der Waals surface area contributed by atoms with Crippen LogP contribution < -0.4 is 0 Å². The van der Waals surface area contributed by atoms with Crippen LogP contribution in [0.15, 0.2) is 30.3 Å². The second kappa shape index (κ2) is 7.10. The Morgan fingerprint density at radius 2 is 1.81 bits per heavy atom. The highest BCUT2D eigenvalue weighted by Crippen LogP contribution is 2.37. The van der Waals surface area contributed by atoms with E-state index in [2.05, 4.69) is 0 Å². The number of hydrogen-bond donors (Lipinski definition) is 1. The number of hydrogen-bond acceptors (Lipinski definition) is 2. The average molecular weight is 303 g/mol. The van der Waals surface area contributed by atoms with Gasteiger partial charge in [0.25, 0.3) is 0 Å². The standard InChI is InChI=1S/C14H16F3NO3/c1-2-18(9-13(20)21)12(19)8-11(14(15,16)17)10-6-4-3-5-7-10/h3-7,11H,2,8-9H2,1H3,(H,20,21). The number of benzene rings is 1. The molecule has 4 nitrogen and oxygen atoms in total. The third-order valence-corrected chi connectivity index (χ3v) is 3.04. The molecule has 21 heavy (non-hydrogen) atoms. The van der Waals surface area contributed by atoms with Crippen LogP contribution in [0.25, 0.3) is 0 Å². The van der Waals surface area contributed by atoms with Crippen molar-refractivity contribution < 1.29 is 27.9 Å². The van der Waals surface area contributed by atoms with Crippen LogP contribution in [0.4, 0.5) is 13.2 Å². The monoisotopic (exact) mass is 303 g/mol. The van der Waals surface area contributed by atoms with E-state index in [4.69, 9.17) is 5.11 Å². The van der Waals surface area contributed by atoms with Gasteiger partial charge in [-0.25, -0.2) is 0 Å². The average Bonchev–Trinajstić information content (AvgIpc) is 2.41. The fourth-order valence-electron chi connectivity index (χ4n) is 1.95. The largest absolute Gasteiger partial charge is 0.480 e. The predicted octanol–water partition coefficient (Wildman–Crippen LogP) is 2.66. The number of carboxylic acids is 1. The molecule has 7 heteroatoms. The summed E-state index contributed by atoms with van der Waals surface area (Å²) in [5, 5.41) is 8.66. The summed E-state index contributed by atoms with van der Waals surface area (Å²) in [6.45, 7) is 0.963. The third kappa shape index (κ3) is 5.09. The highest BCUT2D eigenvalue weighted by atomic mass is 19.4. The molecule has 1 amide bonds. The predicted molar refractivity (Wildman–Crippen MR) is 69.7 cm³/mol. The SMILES string of the molecule is CCN(CC(=O)O)C(=O)CC(c1ccccc1)C(F)(F)F. The van der Waals surface area contributed by atoms with Gasteiger partial charge in [0.2, 0.25) is 5.91 Å². The number of aliphatic carboxylic acids is 1. The van der Waals surface area contributed by atoms with E-state index in [0.717, 1.165) is 4.90 Å². The molecule has 0 aliphatic carbocycles. The van der Waals surface area contributed by atoms with Gasteiger partial charge in [0, 0.05) is 13.0 Å². The lowest BCUT2D eigenvalue weighted by atomic mass is 9.94. The van der Waals surface area contributed by atoms with Crippen LogP contribution in [-0.4, -0.2) is 41.1 Å². The van der Waals surface area contributed by atoms with Crippen LogP contribution in [0.3, 0.4) is 0 Å². The smallest absolute Gasteiger partial charge is 0.396 e. The summed E-state index contributed by atoms with van der Waals surface area (Å²) >= 11 is 0. The van der Waals surface area contributed by atoms with E-state index in [0.29, 0.717) is 0 Å². The minimum Gasteiger partial charge on any atom is -0.480 e. The highest BCUT2D eigenvalue weighted by Gasteiger charge is 2.42. The van der Waals surface area contributed by atoms with E-state index in [1.54, 1.807) is 6.07 Å². The van der Waals surface area contributed by atoms with Crippen molar-refractivity contribution in [2.75, 3.05) is 13.1 Å². The van der Waals surface area contributed by atoms with E-state index in [9.17, 15) is 22.8 Å². The van der Waals surface area contributed by atoms with Crippen molar-refractivity contribution in [2.45, 2.75) is 25.4 Å². The fraction of sp³-hybridized carbons (Fsp3) is 0.429. The maximum absolute atomic E-state index is 13.1. The van der Waals surface area contributed by atoms with Crippen molar-refractivity contribution in [3.63, 3.8) is 0 Å². The van der Waals surface area contributed by atoms with Gasteiger partial charge in [-0.15, -0.1) is 0 Å². The molecular formula is C14H16F3NO3. The molecule has 1 rings (SSSR count). The Morgan fingerprint density at radius 3 is 2.24 bits per heavy atom. The summed E-state index contributed by atoms with van der Waals surface area (Å²) < 4.78 is 39.3. The Kier molecular flexibility index (Phi) is 5.75. The van der Waals surface area contributed by atoms with Crippen LogP contribution in [0.2, 0.25) is 0 Å². The van der Waals surface area contributed by atoms with Gasteiger partial charge in [-0.2, -0.15) is 13.2 Å².